The standard InChI is InChI=1S/C15H29N3OS/c1-14(7-6-10-20-14)11-17-13(16-2)18-12-15(19)8-4-3-5-9-15/h19H,3-12H2,1-2H3,(H2,16,17,18). The average Bonchev–Trinajstić information content (AvgIpc) is 2.87. The second kappa shape index (κ2) is 7.03. The van der Waals surface area contributed by atoms with E-state index in [4.69, 9.17) is 0 Å². The Morgan fingerprint density at radius 2 is 1.80 bits per heavy atom. The highest BCUT2D eigenvalue weighted by Crippen LogP contribution is 2.36. The summed E-state index contributed by atoms with van der Waals surface area (Å²) in [6, 6.07) is 0. The Morgan fingerprint density at radius 1 is 1.10 bits per heavy atom. The van der Waals surface area contributed by atoms with Crippen LogP contribution in [0.3, 0.4) is 0 Å². The van der Waals surface area contributed by atoms with E-state index in [0.717, 1.165) is 38.2 Å². The maximum absolute atomic E-state index is 10.5. The molecule has 0 amide bonds. The van der Waals surface area contributed by atoms with Crippen LogP contribution in [0.1, 0.15) is 51.9 Å². The molecule has 1 saturated heterocycles. The molecule has 116 valence electrons. The predicted octanol–water partition coefficient (Wildman–Crippen LogP) is 2.13. The Kier molecular flexibility index (Phi) is 5.61. The molecular weight excluding hydrogens is 270 g/mol. The number of hydrogen-bond acceptors (Lipinski definition) is 3. The zero-order valence-corrected chi connectivity index (χ0v) is 13.7. The molecule has 2 fully saturated rings. The van der Waals surface area contributed by atoms with Crippen molar-refractivity contribution in [2.24, 2.45) is 4.99 Å². The van der Waals surface area contributed by atoms with Crippen LogP contribution in [0.15, 0.2) is 4.99 Å². The maximum atomic E-state index is 10.5. The lowest BCUT2D eigenvalue weighted by Gasteiger charge is -2.33. The number of aliphatic hydroxyl groups is 1. The minimum atomic E-state index is -0.540. The SMILES string of the molecule is CN=C(NCC1(O)CCCCC1)NCC1(C)CCCS1. The summed E-state index contributed by atoms with van der Waals surface area (Å²) >= 11 is 2.05. The molecule has 1 saturated carbocycles. The van der Waals surface area contributed by atoms with Crippen LogP contribution in [0, 0.1) is 0 Å². The van der Waals surface area contributed by atoms with E-state index < -0.39 is 5.60 Å². The van der Waals surface area contributed by atoms with E-state index in [9.17, 15) is 5.11 Å². The van der Waals surface area contributed by atoms with Crippen molar-refractivity contribution in [3.05, 3.63) is 0 Å². The van der Waals surface area contributed by atoms with E-state index in [2.05, 4.69) is 22.5 Å². The molecule has 0 aromatic carbocycles. The first kappa shape index (κ1) is 16.0. The molecule has 4 nitrogen and oxygen atoms in total. The third kappa shape index (κ3) is 4.55. The van der Waals surface area contributed by atoms with Crippen LogP contribution in [-0.2, 0) is 0 Å². The third-order valence-corrected chi connectivity index (χ3v) is 6.06. The number of nitrogens with zero attached hydrogens (tertiary/aromatic N) is 1. The molecule has 0 aromatic rings. The van der Waals surface area contributed by atoms with Crippen LogP contribution in [0.25, 0.3) is 0 Å². The smallest absolute Gasteiger partial charge is 0.191 e. The monoisotopic (exact) mass is 299 g/mol. The van der Waals surface area contributed by atoms with Crippen molar-refractivity contribution < 1.29 is 5.11 Å². The van der Waals surface area contributed by atoms with Crippen LogP contribution in [0.2, 0.25) is 0 Å². The highest BCUT2D eigenvalue weighted by atomic mass is 32.2. The first-order chi connectivity index (χ1) is 9.55. The molecule has 1 atom stereocenters. The van der Waals surface area contributed by atoms with E-state index in [1.807, 2.05) is 11.8 Å². The molecule has 3 N–H and O–H groups in total. The van der Waals surface area contributed by atoms with Crippen molar-refractivity contribution >= 4 is 17.7 Å². The molecule has 2 aliphatic rings. The second-order valence-corrected chi connectivity index (χ2v) is 8.15. The van der Waals surface area contributed by atoms with E-state index in [1.165, 1.54) is 25.0 Å². The Morgan fingerprint density at radius 3 is 2.40 bits per heavy atom. The Hall–Kier alpha value is -0.420. The minimum Gasteiger partial charge on any atom is -0.388 e. The van der Waals surface area contributed by atoms with E-state index in [1.54, 1.807) is 7.05 Å². The Balaban J connectivity index is 1.75. The molecule has 0 radical (unpaired) electrons. The first-order valence-corrected chi connectivity index (χ1v) is 8.85. The molecule has 1 heterocycles. The van der Waals surface area contributed by atoms with Gasteiger partial charge in [-0.1, -0.05) is 19.3 Å². The topological polar surface area (TPSA) is 56.7 Å². The quantitative estimate of drug-likeness (QED) is 0.550. The predicted molar refractivity (Wildman–Crippen MR) is 87.5 cm³/mol. The number of rotatable bonds is 4. The van der Waals surface area contributed by atoms with E-state index in [-0.39, 0.29) is 0 Å². The summed E-state index contributed by atoms with van der Waals surface area (Å²) in [6.45, 7) is 3.87. The number of nitrogens with one attached hydrogen (secondary N) is 2. The molecule has 0 spiro atoms. The van der Waals surface area contributed by atoms with Crippen LogP contribution in [-0.4, -0.2) is 47.3 Å². The van der Waals surface area contributed by atoms with Gasteiger partial charge >= 0.3 is 0 Å². The van der Waals surface area contributed by atoms with Crippen molar-refractivity contribution in [1.82, 2.24) is 10.6 Å². The summed E-state index contributed by atoms with van der Waals surface area (Å²) in [5.41, 5.74) is -0.540. The van der Waals surface area contributed by atoms with E-state index in [0.29, 0.717) is 11.3 Å². The summed E-state index contributed by atoms with van der Waals surface area (Å²) < 4.78 is 0.333. The largest absolute Gasteiger partial charge is 0.388 e. The number of thioether (sulfide) groups is 1. The second-order valence-electron chi connectivity index (χ2n) is 6.47. The molecular formula is C15H29N3OS. The molecule has 20 heavy (non-hydrogen) atoms. The zero-order chi connectivity index (χ0) is 14.5. The molecule has 0 aromatic heterocycles. The van der Waals surface area contributed by atoms with Crippen molar-refractivity contribution in [2.75, 3.05) is 25.9 Å². The highest BCUT2D eigenvalue weighted by molar-refractivity contribution is 8.00. The Bertz CT molecular complexity index is 334. The van der Waals surface area contributed by atoms with Crippen LogP contribution in [0.5, 0.6) is 0 Å². The lowest BCUT2D eigenvalue weighted by atomic mass is 9.85. The van der Waals surface area contributed by atoms with Gasteiger partial charge in [0.05, 0.1) is 5.60 Å². The van der Waals surface area contributed by atoms with E-state index >= 15 is 0 Å². The fourth-order valence-electron chi connectivity index (χ4n) is 3.10. The highest BCUT2D eigenvalue weighted by Gasteiger charge is 2.31. The maximum Gasteiger partial charge on any atom is 0.191 e. The van der Waals surface area contributed by atoms with Gasteiger partial charge in [-0.2, -0.15) is 11.8 Å². The molecule has 0 bridgehead atoms. The fourth-order valence-corrected chi connectivity index (χ4v) is 4.35. The van der Waals surface area contributed by atoms with Gasteiger partial charge in [0.1, 0.15) is 0 Å². The first-order valence-electron chi connectivity index (χ1n) is 7.86. The number of aliphatic imine (C=N–C) groups is 1. The van der Waals surface area contributed by atoms with Crippen LogP contribution < -0.4 is 10.6 Å². The molecule has 5 heteroatoms. The molecule has 1 unspecified atom stereocenters. The summed E-state index contributed by atoms with van der Waals surface area (Å²) in [4.78, 5) is 4.27. The number of guanidine groups is 1. The number of hydrogen-bond donors (Lipinski definition) is 3. The lowest BCUT2D eigenvalue weighted by Crippen LogP contribution is -2.50. The van der Waals surface area contributed by atoms with Gasteiger partial charge in [-0.05, 0) is 38.4 Å². The van der Waals surface area contributed by atoms with Crippen molar-refractivity contribution in [2.45, 2.75) is 62.2 Å². The van der Waals surface area contributed by atoms with Crippen LogP contribution in [0.4, 0.5) is 0 Å². The average molecular weight is 299 g/mol. The van der Waals surface area contributed by atoms with Gasteiger partial charge in [-0.25, -0.2) is 0 Å². The van der Waals surface area contributed by atoms with Gasteiger partial charge in [-0.15, -0.1) is 0 Å². The van der Waals surface area contributed by atoms with Crippen molar-refractivity contribution in [3.8, 4) is 0 Å². The molecule has 2 rings (SSSR count). The van der Waals surface area contributed by atoms with Gasteiger partial charge in [0.15, 0.2) is 5.96 Å². The van der Waals surface area contributed by atoms with Gasteiger partial charge in [0.25, 0.3) is 0 Å². The fraction of sp³-hybridized carbons (Fsp3) is 0.933. The van der Waals surface area contributed by atoms with Gasteiger partial charge < -0.3 is 15.7 Å². The van der Waals surface area contributed by atoms with Gasteiger partial charge in [-0.3, -0.25) is 4.99 Å². The summed E-state index contributed by atoms with van der Waals surface area (Å²) in [5.74, 6) is 2.09. The summed E-state index contributed by atoms with van der Waals surface area (Å²) in [7, 11) is 1.80. The van der Waals surface area contributed by atoms with Gasteiger partial charge in [0.2, 0.25) is 0 Å². The summed E-state index contributed by atoms with van der Waals surface area (Å²) in [6.07, 6.45) is 7.93. The minimum absolute atomic E-state index is 0.333. The Labute approximate surface area is 127 Å². The van der Waals surface area contributed by atoms with Crippen molar-refractivity contribution in [3.63, 3.8) is 0 Å². The molecule has 1 aliphatic carbocycles. The molecule has 1 aliphatic heterocycles. The zero-order valence-electron chi connectivity index (χ0n) is 12.9. The van der Waals surface area contributed by atoms with Crippen LogP contribution >= 0.6 is 11.8 Å². The normalized spacial score (nSPS) is 30.2. The van der Waals surface area contributed by atoms with Gasteiger partial charge in [0, 0.05) is 24.9 Å². The lowest BCUT2D eigenvalue weighted by molar-refractivity contribution is 0.00859. The summed E-state index contributed by atoms with van der Waals surface area (Å²) in [5, 5.41) is 17.2. The van der Waals surface area contributed by atoms with Crippen molar-refractivity contribution in [1.29, 1.82) is 0 Å². The third-order valence-electron chi connectivity index (χ3n) is 4.52.